The lowest BCUT2D eigenvalue weighted by Crippen LogP contribution is -2.52. The Morgan fingerprint density at radius 1 is 1.21 bits per heavy atom. The van der Waals surface area contributed by atoms with Crippen LogP contribution in [-0.4, -0.2) is 28.5 Å². The summed E-state index contributed by atoms with van der Waals surface area (Å²) in [6.07, 6.45) is 8.39. The Labute approximate surface area is 142 Å². The quantitative estimate of drug-likeness (QED) is 0.829. The lowest BCUT2D eigenvalue weighted by atomic mass is 9.76. The van der Waals surface area contributed by atoms with Crippen LogP contribution in [-0.2, 0) is 15.1 Å². The van der Waals surface area contributed by atoms with Gasteiger partial charge in [-0.25, -0.2) is 0 Å². The fourth-order valence-corrected chi connectivity index (χ4v) is 3.57. The van der Waals surface area contributed by atoms with Crippen molar-refractivity contribution in [3.05, 3.63) is 11.7 Å². The lowest BCUT2D eigenvalue weighted by Gasteiger charge is -2.39. The molecule has 2 saturated carbocycles. The summed E-state index contributed by atoms with van der Waals surface area (Å²) in [5, 5.41) is 9.90. The maximum absolute atomic E-state index is 12.2. The average molecular weight is 334 g/mol. The Hall–Kier alpha value is -1.92. The summed E-state index contributed by atoms with van der Waals surface area (Å²) in [7, 11) is 0. The van der Waals surface area contributed by atoms with Crippen LogP contribution >= 0.6 is 0 Å². The van der Waals surface area contributed by atoms with E-state index in [9.17, 15) is 9.59 Å². The van der Waals surface area contributed by atoms with Gasteiger partial charge in [-0.15, -0.1) is 0 Å². The molecule has 1 heterocycles. The second-order valence-electron chi connectivity index (χ2n) is 7.00. The molecule has 3 rings (SSSR count). The maximum Gasteiger partial charge on any atom is 0.223 e. The highest BCUT2D eigenvalue weighted by molar-refractivity contribution is 5.80. The molecule has 1 aromatic rings. The summed E-state index contributed by atoms with van der Waals surface area (Å²) < 4.78 is 5.04. The number of aryl methyl sites for hydroxylation is 1. The number of hydrogen-bond donors (Lipinski definition) is 2. The predicted molar refractivity (Wildman–Crippen MR) is 86.9 cm³/mol. The highest BCUT2D eigenvalue weighted by atomic mass is 16.5. The molecular weight excluding hydrogens is 308 g/mol. The molecule has 24 heavy (non-hydrogen) atoms. The van der Waals surface area contributed by atoms with Gasteiger partial charge in [0, 0.05) is 25.8 Å². The number of hydrogen-bond acceptors (Lipinski definition) is 5. The summed E-state index contributed by atoms with van der Waals surface area (Å²) in [6.45, 7) is 2.12. The van der Waals surface area contributed by atoms with Gasteiger partial charge in [0.25, 0.3) is 0 Å². The number of rotatable bonds is 6. The van der Waals surface area contributed by atoms with Crippen LogP contribution in [0.5, 0.6) is 0 Å². The van der Waals surface area contributed by atoms with Gasteiger partial charge in [-0.2, -0.15) is 4.98 Å². The molecule has 0 radical (unpaired) electrons. The van der Waals surface area contributed by atoms with Gasteiger partial charge in [0.15, 0.2) is 5.82 Å². The van der Waals surface area contributed by atoms with Crippen molar-refractivity contribution >= 4 is 11.8 Å². The van der Waals surface area contributed by atoms with Gasteiger partial charge < -0.3 is 15.2 Å². The van der Waals surface area contributed by atoms with Gasteiger partial charge in [0.05, 0.1) is 0 Å². The minimum atomic E-state index is -0.484. The second kappa shape index (κ2) is 7.32. The number of nitrogens with zero attached hydrogens (tertiary/aromatic N) is 2. The molecule has 132 valence electrons. The zero-order chi connectivity index (χ0) is 17.0. The molecule has 0 aliphatic heterocycles. The minimum absolute atomic E-state index is 0.0823. The molecule has 0 spiro atoms. The third kappa shape index (κ3) is 3.76. The minimum Gasteiger partial charge on any atom is -0.355 e. The zero-order valence-corrected chi connectivity index (χ0v) is 14.3. The summed E-state index contributed by atoms with van der Waals surface area (Å²) in [5.41, 5.74) is -0.484. The summed E-state index contributed by atoms with van der Waals surface area (Å²) in [4.78, 5) is 28.6. The van der Waals surface area contributed by atoms with Crippen LogP contribution in [0.2, 0.25) is 0 Å². The predicted octanol–water partition coefficient (Wildman–Crippen LogP) is 1.96. The van der Waals surface area contributed by atoms with Gasteiger partial charge >= 0.3 is 0 Å². The van der Waals surface area contributed by atoms with Gasteiger partial charge in [-0.1, -0.05) is 24.4 Å². The van der Waals surface area contributed by atoms with Crippen molar-refractivity contribution in [1.82, 2.24) is 20.8 Å². The molecule has 7 heteroatoms. The second-order valence-corrected chi connectivity index (χ2v) is 7.00. The van der Waals surface area contributed by atoms with E-state index in [-0.39, 0.29) is 24.2 Å². The number of amides is 2. The van der Waals surface area contributed by atoms with Crippen molar-refractivity contribution in [3.8, 4) is 0 Å². The molecule has 0 saturated heterocycles. The maximum atomic E-state index is 12.2. The highest BCUT2D eigenvalue weighted by Crippen LogP contribution is 2.39. The van der Waals surface area contributed by atoms with Gasteiger partial charge in [-0.3, -0.25) is 9.59 Å². The number of carbonyl (C=O) groups excluding carboxylic acids is 2. The fraction of sp³-hybridized carbons (Fsp3) is 0.765. The van der Waals surface area contributed by atoms with Crippen molar-refractivity contribution in [2.75, 3.05) is 6.54 Å². The molecule has 0 aromatic carbocycles. The Balaban J connectivity index is 1.44. The first-order valence-electron chi connectivity index (χ1n) is 8.99. The molecule has 7 nitrogen and oxygen atoms in total. The normalized spacial score (nSPS) is 20.2. The Kier molecular flexibility index (Phi) is 5.16. The zero-order valence-electron chi connectivity index (χ0n) is 14.3. The van der Waals surface area contributed by atoms with Crippen LogP contribution in [0.1, 0.15) is 69.5 Å². The molecule has 2 amide bonds. The molecule has 2 fully saturated rings. The van der Waals surface area contributed by atoms with E-state index in [0.29, 0.717) is 18.3 Å². The summed E-state index contributed by atoms with van der Waals surface area (Å²) in [6, 6.07) is 0. The van der Waals surface area contributed by atoms with E-state index in [1.807, 2.05) is 0 Å². The smallest absolute Gasteiger partial charge is 0.223 e. The number of carbonyl (C=O) groups is 2. The van der Waals surface area contributed by atoms with Crippen molar-refractivity contribution in [2.45, 2.75) is 70.3 Å². The standard InChI is InChI=1S/C17H26N4O3/c1-12-19-16(21-24-12)17(9-5-10-17)20-14(22)8-11-18-15(23)13-6-3-2-4-7-13/h13H,2-11H2,1H3,(H,18,23)(H,20,22). The first kappa shape index (κ1) is 16.9. The highest BCUT2D eigenvalue weighted by Gasteiger charge is 2.44. The molecular formula is C17H26N4O3. The van der Waals surface area contributed by atoms with Crippen molar-refractivity contribution in [2.24, 2.45) is 5.92 Å². The Morgan fingerprint density at radius 3 is 2.54 bits per heavy atom. The molecule has 0 bridgehead atoms. The van der Waals surface area contributed by atoms with Crippen LogP contribution < -0.4 is 10.6 Å². The van der Waals surface area contributed by atoms with Crippen LogP contribution in [0.4, 0.5) is 0 Å². The Bertz CT molecular complexity index is 588. The first-order chi connectivity index (χ1) is 11.6. The van der Waals surface area contributed by atoms with E-state index in [4.69, 9.17) is 4.52 Å². The monoisotopic (exact) mass is 334 g/mol. The van der Waals surface area contributed by atoms with E-state index in [0.717, 1.165) is 44.9 Å². The largest absolute Gasteiger partial charge is 0.355 e. The van der Waals surface area contributed by atoms with Gasteiger partial charge in [0.2, 0.25) is 17.7 Å². The van der Waals surface area contributed by atoms with Crippen LogP contribution in [0.25, 0.3) is 0 Å². The van der Waals surface area contributed by atoms with E-state index >= 15 is 0 Å². The van der Waals surface area contributed by atoms with E-state index in [2.05, 4.69) is 20.8 Å². The van der Waals surface area contributed by atoms with E-state index in [1.54, 1.807) is 6.92 Å². The van der Waals surface area contributed by atoms with Crippen LogP contribution in [0.3, 0.4) is 0 Å². The summed E-state index contributed by atoms with van der Waals surface area (Å²) in [5.74, 6) is 1.20. The molecule has 0 atom stereocenters. The third-order valence-electron chi connectivity index (χ3n) is 5.17. The third-order valence-corrected chi connectivity index (χ3v) is 5.17. The molecule has 2 aliphatic carbocycles. The first-order valence-corrected chi connectivity index (χ1v) is 8.99. The summed E-state index contributed by atoms with van der Waals surface area (Å²) >= 11 is 0. The van der Waals surface area contributed by atoms with Crippen LogP contribution in [0, 0.1) is 12.8 Å². The fourth-order valence-electron chi connectivity index (χ4n) is 3.57. The lowest BCUT2D eigenvalue weighted by molar-refractivity contribution is -0.126. The van der Waals surface area contributed by atoms with Crippen molar-refractivity contribution in [1.29, 1.82) is 0 Å². The Morgan fingerprint density at radius 2 is 1.96 bits per heavy atom. The molecule has 2 N–H and O–H groups in total. The van der Waals surface area contributed by atoms with Gasteiger partial charge in [-0.05, 0) is 32.1 Å². The van der Waals surface area contributed by atoms with Gasteiger partial charge in [0.1, 0.15) is 5.54 Å². The van der Waals surface area contributed by atoms with E-state index in [1.165, 1.54) is 6.42 Å². The van der Waals surface area contributed by atoms with Crippen LogP contribution in [0.15, 0.2) is 4.52 Å². The van der Waals surface area contributed by atoms with Crippen molar-refractivity contribution < 1.29 is 14.1 Å². The molecule has 2 aliphatic rings. The number of nitrogens with one attached hydrogen (secondary N) is 2. The molecule has 1 aromatic heterocycles. The number of aromatic nitrogens is 2. The molecule has 0 unspecified atom stereocenters. The SMILES string of the molecule is Cc1nc(C2(NC(=O)CCNC(=O)C3CCCCC3)CCC2)no1. The topological polar surface area (TPSA) is 97.1 Å². The van der Waals surface area contributed by atoms with Crippen molar-refractivity contribution in [3.63, 3.8) is 0 Å². The van der Waals surface area contributed by atoms with E-state index < -0.39 is 5.54 Å². The average Bonchev–Trinajstić information content (AvgIpc) is 2.98.